The number of halogens is 1. The van der Waals surface area contributed by atoms with Gasteiger partial charge in [-0.3, -0.25) is 0 Å². The number of hydrogen-bond donors (Lipinski definition) is 8. The molecule has 0 radical (unpaired) electrons. The molecular formula is C56H109ClO30. The van der Waals surface area contributed by atoms with Crippen LogP contribution in [0.25, 0.3) is 0 Å². The molecule has 87 heavy (non-hydrogen) atoms. The number of aliphatic hydroxyl groups is 8. The summed E-state index contributed by atoms with van der Waals surface area (Å²) in [6.07, 6.45) is -24.0. The van der Waals surface area contributed by atoms with Crippen LogP contribution in [0.2, 0.25) is 0 Å². The lowest BCUT2D eigenvalue weighted by Gasteiger charge is -2.50. The first kappa shape index (κ1) is 82.2. The van der Waals surface area contributed by atoms with E-state index in [1.807, 2.05) is 0 Å². The molecule has 4 aliphatic heterocycles. The minimum absolute atomic E-state index is 0. The van der Waals surface area contributed by atoms with E-state index >= 15 is 0 Å². The quantitative estimate of drug-likeness (QED) is 0.0332. The second kappa shape index (κ2) is 43.9. The van der Waals surface area contributed by atoms with Gasteiger partial charge in [0, 0.05) is 56.9 Å². The third-order valence-electron chi connectivity index (χ3n) is 13.6. The Kier molecular flexibility index (Phi) is 41.5. The van der Waals surface area contributed by atoms with Gasteiger partial charge in [0.2, 0.25) is 0 Å². The first-order valence-electron chi connectivity index (χ1n) is 29.3. The van der Waals surface area contributed by atoms with Crippen molar-refractivity contribution in [3.8, 4) is 0 Å². The molecular weight excluding hydrogens is 1190 g/mol. The van der Waals surface area contributed by atoms with Crippen molar-refractivity contribution in [1.82, 2.24) is 0 Å². The first-order valence-corrected chi connectivity index (χ1v) is 29.3. The number of rotatable bonds is 40. The van der Waals surface area contributed by atoms with Crippen molar-refractivity contribution in [3.05, 3.63) is 0 Å². The molecule has 0 amide bonds. The maximum absolute atomic E-state index is 10.3. The van der Waals surface area contributed by atoms with Gasteiger partial charge in [-0.25, -0.2) is 0 Å². The first-order chi connectivity index (χ1) is 40.9. The standard InChI is InChI=1S/C36H70O19.C20H38O11.ClH/c1-19(37)9-45-17-27-29(47-11-21(3)39)31(48-12-22(4)40)34(51-15-25(7)43)36(54-27)55-30-28(18-46-10-20(2)38)53-35(52-16-26(8)44)33(50-14-24(6)42)32(30)49-13-23(5)41;1-21-9-11-13(23-3)15(24-4)18(27-7)20(30-11)31-14-12(10-22-2)29-19(28-8)17(26-6)16(14)25-5;/h19-44H,9-18H2,1-8H3;11-20H,9-10H2,1-8H3;1H/t19?,20?,21?,22?,23?,24?,25?,26?,27-,28-,29-,30-,31+,32+,33-,34-,35-,36+;11-,12-,13-,14-,15+,16+,17-,18-,19-,20+;/m11./s1. The van der Waals surface area contributed by atoms with Crippen molar-refractivity contribution in [1.29, 1.82) is 0 Å². The van der Waals surface area contributed by atoms with E-state index in [1.165, 1.54) is 41.5 Å². The fourth-order valence-electron chi connectivity index (χ4n) is 10.0. The minimum atomic E-state index is -1.39. The molecule has 0 aliphatic carbocycles. The summed E-state index contributed by atoms with van der Waals surface area (Å²) in [5.41, 5.74) is 0. The van der Waals surface area contributed by atoms with Crippen LogP contribution in [0.1, 0.15) is 55.4 Å². The maximum atomic E-state index is 10.3. The summed E-state index contributed by atoms with van der Waals surface area (Å²) >= 11 is 0. The van der Waals surface area contributed by atoms with E-state index in [0.29, 0.717) is 0 Å². The predicted octanol–water partition coefficient (Wildman–Crippen LogP) is -1.90. The largest absolute Gasteiger partial charge is 0.391 e. The van der Waals surface area contributed by atoms with E-state index in [0.717, 1.165) is 0 Å². The van der Waals surface area contributed by atoms with Crippen LogP contribution in [-0.2, 0) is 104 Å². The third kappa shape index (κ3) is 27.2. The summed E-state index contributed by atoms with van der Waals surface area (Å²) < 4.78 is 131. The molecule has 4 fully saturated rings. The molecule has 28 atom stereocenters. The van der Waals surface area contributed by atoms with Gasteiger partial charge in [-0.2, -0.15) is 0 Å². The molecule has 0 aromatic carbocycles. The minimum Gasteiger partial charge on any atom is -0.391 e. The molecule has 0 bridgehead atoms. The average Bonchev–Trinajstić information content (AvgIpc) is 0.956. The lowest BCUT2D eigenvalue weighted by molar-refractivity contribution is -0.377. The zero-order valence-electron chi connectivity index (χ0n) is 53.6. The Morgan fingerprint density at radius 2 is 0.540 bits per heavy atom. The summed E-state index contributed by atoms with van der Waals surface area (Å²) in [5, 5.41) is 81.2. The van der Waals surface area contributed by atoms with Gasteiger partial charge in [0.05, 0.1) is 128 Å². The van der Waals surface area contributed by atoms with Crippen LogP contribution in [0.3, 0.4) is 0 Å². The second-order valence-electron chi connectivity index (χ2n) is 22.2. The molecule has 0 aromatic rings. The maximum Gasteiger partial charge on any atom is 0.187 e. The molecule has 4 saturated heterocycles. The predicted molar refractivity (Wildman–Crippen MR) is 306 cm³/mol. The zero-order valence-corrected chi connectivity index (χ0v) is 54.4. The SMILES string of the molecule is CC(O)COC[C@H]1O[C@@H](O[C@H]2[C@H](OCC(C)O)[C@@H](OCC(C)O)[C@H](OCC(C)O)O[C@@H]2COCC(C)O)[C@H](OCC(C)O)[C@@H](OCC(C)O)[C@@H]1OCC(C)O.COC[C@H]1O[C@@H](O[C@H]2[C@H](OC)[C@@H](OC)[C@H](OC)O[C@@H]2COC)[C@H](OC)[C@@H](OC)[C@@H]1OC.Cl. The molecule has 31 heteroatoms. The third-order valence-corrected chi connectivity index (χ3v) is 13.6. The Bertz CT molecular complexity index is 1700. The van der Waals surface area contributed by atoms with Gasteiger partial charge in [-0.15, -0.1) is 12.4 Å². The highest BCUT2D eigenvalue weighted by Gasteiger charge is 2.56. The van der Waals surface area contributed by atoms with Crippen LogP contribution < -0.4 is 0 Å². The van der Waals surface area contributed by atoms with Crippen molar-refractivity contribution in [2.24, 2.45) is 0 Å². The molecule has 0 spiro atoms. The van der Waals surface area contributed by atoms with Gasteiger partial charge in [0.1, 0.15) is 97.7 Å². The van der Waals surface area contributed by atoms with Gasteiger partial charge < -0.3 is 145 Å². The highest BCUT2D eigenvalue weighted by Crippen LogP contribution is 2.37. The normalized spacial score (nSPS) is 35.9. The van der Waals surface area contributed by atoms with E-state index in [1.54, 1.807) is 70.7 Å². The Balaban J connectivity index is 0.000000681. The van der Waals surface area contributed by atoms with Crippen LogP contribution in [0.4, 0.5) is 0 Å². The second-order valence-corrected chi connectivity index (χ2v) is 22.2. The van der Waals surface area contributed by atoms with Crippen molar-refractivity contribution in [2.75, 3.05) is 136 Å². The molecule has 4 aliphatic rings. The van der Waals surface area contributed by atoms with Crippen LogP contribution in [-0.4, -0.2) is 349 Å². The van der Waals surface area contributed by atoms with E-state index in [4.69, 9.17) is 104 Å². The van der Waals surface area contributed by atoms with Crippen molar-refractivity contribution in [2.45, 2.75) is 227 Å². The molecule has 4 rings (SSSR count). The molecule has 4 heterocycles. The molecule has 520 valence electrons. The molecule has 0 aromatic heterocycles. The van der Waals surface area contributed by atoms with E-state index in [9.17, 15) is 40.9 Å². The number of ether oxygens (including phenoxy) is 22. The van der Waals surface area contributed by atoms with E-state index in [-0.39, 0.29) is 91.7 Å². The van der Waals surface area contributed by atoms with Crippen LogP contribution in [0.15, 0.2) is 0 Å². The van der Waals surface area contributed by atoms with Crippen molar-refractivity contribution < 1.29 is 145 Å². The Hall–Kier alpha value is -0.910. The summed E-state index contributed by atoms with van der Waals surface area (Å²) in [4.78, 5) is 0. The Morgan fingerprint density at radius 3 is 0.931 bits per heavy atom. The average molecular weight is 1300 g/mol. The number of hydrogen-bond acceptors (Lipinski definition) is 30. The van der Waals surface area contributed by atoms with Crippen molar-refractivity contribution in [3.63, 3.8) is 0 Å². The van der Waals surface area contributed by atoms with Gasteiger partial charge >= 0.3 is 0 Å². The fraction of sp³-hybridized carbons (Fsp3) is 1.00. The highest BCUT2D eigenvalue weighted by atomic mass is 35.5. The molecule has 8 N–H and O–H groups in total. The topological polar surface area (TPSA) is 365 Å². The fourth-order valence-corrected chi connectivity index (χ4v) is 10.0. The van der Waals surface area contributed by atoms with Crippen LogP contribution in [0, 0.1) is 0 Å². The van der Waals surface area contributed by atoms with Crippen molar-refractivity contribution >= 4 is 12.4 Å². The zero-order chi connectivity index (χ0) is 64.2. The summed E-state index contributed by atoms with van der Waals surface area (Å²) in [6, 6.07) is 0. The number of methoxy groups -OCH3 is 8. The lowest BCUT2D eigenvalue weighted by atomic mass is 9.95. The van der Waals surface area contributed by atoms with Crippen LogP contribution in [0.5, 0.6) is 0 Å². The lowest BCUT2D eigenvalue weighted by Crippen LogP contribution is -2.67. The van der Waals surface area contributed by atoms with Gasteiger partial charge in [0.15, 0.2) is 25.2 Å². The molecule has 0 saturated carbocycles. The van der Waals surface area contributed by atoms with Gasteiger partial charge in [-0.1, -0.05) is 0 Å². The smallest absolute Gasteiger partial charge is 0.187 e. The van der Waals surface area contributed by atoms with E-state index < -0.39 is 172 Å². The Labute approximate surface area is 519 Å². The Morgan fingerprint density at radius 1 is 0.264 bits per heavy atom. The highest BCUT2D eigenvalue weighted by molar-refractivity contribution is 5.85. The summed E-state index contributed by atoms with van der Waals surface area (Å²) in [5.74, 6) is 0. The molecule has 30 nitrogen and oxygen atoms in total. The van der Waals surface area contributed by atoms with E-state index in [2.05, 4.69) is 0 Å². The summed E-state index contributed by atoms with van der Waals surface area (Å²) in [7, 11) is 12.6. The van der Waals surface area contributed by atoms with Gasteiger partial charge in [-0.05, 0) is 55.4 Å². The monoisotopic (exact) mass is 1300 g/mol. The van der Waals surface area contributed by atoms with Gasteiger partial charge in [0.25, 0.3) is 0 Å². The van der Waals surface area contributed by atoms with Crippen LogP contribution >= 0.6 is 12.4 Å². The molecule has 8 unspecified atom stereocenters. The number of aliphatic hydroxyl groups excluding tert-OH is 8. The summed E-state index contributed by atoms with van der Waals surface area (Å²) in [6.45, 7) is 11.2.